The fourth-order valence-electron chi connectivity index (χ4n) is 2.30. The second kappa shape index (κ2) is 7.31. The molecular weight excluding hydrogens is 383 g/mol. The number of hydrogen-bond acceptors (Lipinski definition) is 6. The molecule has 2 aromatic carbocycles. The topological polar surface area (TPSA) is 106 Å². The van der Waals surface area contributed by atoms with E-state index < -0.39 is 7.75 Å². The first kappa shape index (κ1) is 18.8. The van der Waals surface area contributed by atoms with Crippen LogP contribution in [-0.4, -0.2) is 9.55 Å². The number of aromatic amines is 1. The Bertz CT molecular complexity index is 1060. The molecule has 0 saturated carbocycles. The molecule has 0 saturated heterocycles. The number of nitrogens with two attached hydrogens (primary N) is 1. The van der Waals surface area contributed by atoms with E-state index in [2.05, 4.69) is 5.10 Å². The summed E-state index contributed by atoms with van der Waals surface area (Å²) < 4.78 is 26.1. The van der Waals surface area contributed by atoms with Gasteiger partial charge in [-0.1, -0.05) is 47.6 Å². The molecule has 0 aliphatic rings. The highest BCUT2D eigenvalue weighted by Gasteiger charge is 2.35. The number of H-pyrrole nitrogens is 1. The van der Waals surface area contributed by atoms with Crippen molar-refractivity contribution in [2.24, 2.45) is 0 Å². The van der Waals surface area contributed by atoms with E-state index in [9.17, 15) is 9.83 Å². The van der Waals surface area contributed by atoms with Gasteiger partial charge in [-0.15, -0.1) is 0 Å². The fraction of sp³-hybridized carbons (Fsp3) is 0.111. The maximum atomic E-state index is 13.7. The van der Waals surface area contributed by atoms with E-state index in [4.69, 9.17) is 27.0 Å². The molecule has 0 bridgehead atoms. The second-order valence-electron chi connectivity index (χ2n) is 5.90. The number of anilines is 1. The number of aromatic nitrogens is 2. The number of aryl methyl sites for hydroxylation is 2. The minimum absolute atomic E-state index is 0.00485. The molecule has 3 aromatic rings. The van der Waals surface area contributed by atoms with E-state index in [1.807, 2.05) is 44.2 Å². The third-order valence-electron chi connectivity index (χ3n) is 3.76. The number of nitriles is 1. The molecule has 1 heterocycles. The van der Waals surface area contributed by atoms with Crippen LogP contribution in [-0.2, 0) is 4.57 Å². The van der Waals surface area contributed by atoms with Crippen LogP contribution in [0, 0.1) is 29.8 Å². The lowest BCUT2D eigenvalue weighted by Crippen LogP contribution is -2.13. The van der Waals surface area contributed by atoms with Gasteiger partial charge in [0, 0.05) is 0 Å². The molecule has 3 rings (SSSR count). The van der Waals surface area contributed by atoms with Gasteiger partial charge in [-0.05, 0) is 38.1 Å². The summed E-state index contributed by atoms with van der Waals surface area (Å²) in [5.41, 5.74) is 8.01. The van der Waals surface area contributed by atoms with E-state index in [-0.39, 0.29) is 16.0 Å². The van der Waals surface area contributed by atoms with E-state index in [1.165, 1.54) is 0 Å². The molecule has 0 amide bonds. The number of nitrogens with one attached hydrogen (secondary N) is 1. The zero-order valence-electron chi connectivity index (χ0n) is 14.7. The Morgan fingerprint density at radius 3 is 1.85 bits per heavy atom. The Morgan fingerprint density at radius 1 is 1.04 bits per heavy atom. The normalized spacial score (nSPS) is 11.0. The Kier molecular flexibility index (Phi) is 5.08. The van der Waals surface area contributed by atoms with Crippen LogP contribution in [0.5, 0.6) is 11.5 Å². The first-order valence-corrected chi connectivity index (χ1v) is 9.87. The van der Waals surface area contributed by atoms with E-state index in [1.54, 1.807) is 24.3 Å². The second-order valence-corrected chi connectivity index (χ2v) is 8.01. The van der Waals surface area contributed by atoms with Crippen molar-refractivity contribution in [1.29, 1.82) is 5.26 Å². The molecule has 0 aliphatic carbocycles. The number of nitrogen functional groups attached to an aromatic ring is 1. The largest absolute Gasteiger partial charge is 0.564 e. The lowest BCUT2D eigenvalue weighted by molar-refractivity contribution is 0.369. The monoisotopic (exact) mass is 400 g/mol. The average Bonchev–Trinajstić information content (AvgIpc) is 2.93. The van der Waals surface area contributed by atoms with Crippen molar-refractivity contribution in [2.45, 2.75) is 13.8 Å². The molecule has 0 atom stereocenters. The molecule has 0 radical (unpaired) electrons. The molecule has 0 spiro atoms. The summed E-state index contributed by atoms with van der Waals surface area (Å²) in [6.45, 7) is 3.85. The molecule has 27 heavy (non-hydrogen) atoms. The van der Waals surface area contributed by atoms with Gasteiger partial charge in [0.2, 0.25) is 0 Å². The van der Waals surface area contributed by atoms with Crippen molar-refractivity contribution in [3.63, 3.8) is 0 Å². The van der Waals surface area contributed by atoms with Gasteiger partial charge in [0.1, 0.15) is 27.8 Å². The molecule has 9 heteroatoms. The minimum atomic E-state index is -4.08. The van der Waals surface area contributed by atoms with Gasteiger partial charge >= 0.3 is 7.75 Å². The highest BCUT2D eigenvalue weighted by molar-refractivity contribution is 7.71. The maximum absolute atomic E-state index is 13.7. The standard InChI is InChI=1S/C18H17N4O3PS/c1-12-3-7-14(8-4-12)24-26(23,25-15-9-5-13(2)6-10-15)22-17(20)16(11-19)18(27)21-22/h3-10H,20H2,1-2H3,(H,21,27). The highest BCUT2D eigenvalue weighted by atomic mass is 32.1. The number of benzene rings is 2. The van der Waals surface area contributed by atoms with Gasteiger partial charge in [-0.25, -0.2) is 4.57 Å². The first-order chi connectivity index (χ1) is 12.8. The Balaban J connectivity index is 2.09. The van der Waals surface area contributed by atoms with Gasteiger partial charge in [0.25, 0.3) is 0 Å². The Hall–Kier alpha value is -3.01. The van der Waals surface area contributed by atoms with Crippen LogP contribution in [0.1, 0.15) is 16.7 Å². The lowest BCUT2D eigenvalue weighted by atomic mass is 10.2. The molecule has 3 N–H and O–H groups in total. The summed E-state index contributed by atoms with van der Waals surface area (Å²) in [5, 5.41) is 11.9. The van der Waals surface area contributed by atoms with Crippen LogP contribution in [0.3, 0.4) is 0 Å². The molecular formula is C18H17N4O3PS. The quantitative estimate of drug-likeness (QED) is 0.474. The van der Waals surface area contributed by atoms with Crippen LogP contribution in [0.2, 0.25) is 0 Å². The van der Waals surface area contributed by atoms with Crippen molar-refractivity contribution in [2.75, 3.05) is 5.73 Å². The lowest BCUT2D eigenvalue weighted by Gasteiger charge is -2.21. The third-order valence-corrected chi connectivity index (χ3v) is 5.74. The molecule has 138 valence electrons. The van der Waals surface area contributed by atoms with Crippen molar-refractivity contribution >= 4 is 25.8 Å². The summed E-state index contributed by atoms with van der Waals surface area (Å²) in [5.74, 6) is 0.522. The van der Waals surface area contributed by atoms with Crippen molar-refractivity contribution in [1.82, 2.24) is 9.55 Å². The van der Waals surface area contributed by atoms with Crippen LogP contribution < -0.4 is 14.8 Å². The summed E-state index contributed by atoms with van der Waals surface area (Å²) in [7, 11) is -4.08. The van der Waals surface area contributed by atoms with E-state index >= 15 is 0 Å². The third kappa shape index (κ3) is 3.90. The Morgan fingerprint density at radius 2 is 1.48 bits per heavy atom. The van der Waals surface area contributed by atoms with Gasteiger partial charge in [-0.2, -0.15) is 9.71 Å². The SMILES string of the molecule is Cc1ccc(OP(=O)(Oc2ccc(C)cc2)n2[nH]c(=S)c(C#N)c2N)cc1. The molecule has 7 nitrogen and oxygen atoms in total. The molecule has 0 unspecified atom stereocenters. The predicted molar refractivity (Wildman–Crippen MR) is 105 cm³/mol. The van der Waals surface area contributed by atoms with Crippen LogP contribution in [0.25, 0.3) is 0 Å². The van der Waals surface area contributed by atoms with Crippen molar-refractivity contribution in [3.05, 3.63) is 69.9 Å². The van der Waals surface area contributed by atoms with Crippen molar-refractivity contribution in [3.8, 4) is 17.6 Å². The maximum Gasteiger partial charge on any atom is 0.564 e. The fourth-order valence-corrected chi connectivity index (χ4v) is 4.17. The summed E-state index contributed by atoms with van der Waals surface area (Å²) >= 11 is 5.08. The summed E-state index contributed by atoms with van der Waals surface area (Å²) in [6.07, 6.45) is 0. The van der Waals surface area contributed by atoms with Gasteiger partial charge in [0.05, 0.1) is 0 Å². The molecule has 0 aliphatic heterocycles. The van der Waals surface area contributed by atoms with Gasteiger partial charge in [0.15, 0.2) is 5.82 Å². The van der Waals surface area contributed by atoms with Crippen LogP contribution in [0.4, 0.5) is 5.82 Å². The van der Waals surface area contributed by atoms with Gasteiger partial charge < -0.3 is 14.8 Å². The predicted octanol–water partition coefficient (Wildman–Crippen LogP) is 4.73. The summed E-state index contributed by atoms with van der Waals surface area (Å²) in [6, 6.07) is 15.8. The number of nitrogens with zero attached hydrogens (tertiary/aromatic N) is 2. The zero-order chi connectivity index (χ0) is 19.6. The first-order valence-electron chi connectivity index (χ1n) is 7.96. The number of rotatable bonds is 5. The van der Waals surface area contributed by atoms with Crippen LogP contribution >= 0.6 is 20.0 Å². The summed E-state index contributed by atoms with van der Waals surface area (Å²) in [4.78, 5) is 0. The van der Waals surface area contributed by atoms with Crippen LogP contribution in [0.15, 0.2) is 48.5 Å². The average molecular weight is 400 g/mol. The molecule has 0 fully saturated rings. The zero-order valence-corrected chi connectivity index (χ0v) is 16.4. The minimum Gasteiger partial charge on any atom is -0.399 e. The number of hydrogen-bond donors (Lipinski definition) is 2. The van der Waals surface area contributed by atoms with E-state index in [0.29, 0.717) is 11.5 Å². The Labute approximate surface area is 161 Å². The van der Waals surface area contributed by atoms with Gasteiger partial charge in [-0.3, -0.25) is 5.10 Å². The highest BCUT2D eigenvalue weighted by Crippen LogP contribution is 2.51. The van der Waals surface area contributed by atoms with Crippen molar-refractivity contribution < 1.29 is 13.6 Å². The molecule has 1 aromatic heterocycles. The smallest absolute Gasteiger partial charge is 0.399 e. The van der Waals surface area contributed by atoms with E-state index in [0.717, 1.165) is 15.6 Å².